The molecule has 0 unspecified atom stereocenters. The molecule has 3 heteroatoms. The maximum atomic E-state index is 12.7. The van der Waals surface area contributed by atoms with Crippen molar-refractivity contribution in [2.24, 2.45) is 0 Å². The first kappa shape index (κ1) is 10.4. The van der Waals surface area contributed by atoms with Crippen LogP contribution in [0.5, 0.6) is 5.75 Å². The number of halogens is 1. The van der Waals surface area contributed by atoms with Crippen molar-refractivity contribution in [1.82, 2.24) is 0 Å². The summed E-state index contributed by atoms with van der Waals surface area (Å²) in [5.74, 6) is -0.607. The van der Waals surface area contributed by atoms with Crippen LogP contribution in [0.2, 0.25) is 0 Å². The molecule has 2 aromatic rings. The molecule has 2 aromatic carbocycles. The maximum absolute atomic E-state index is 12.7. The van der Waals surface area contributed by atoms with Crippen LogP contribution in [0.25, 0.3) is 11.1 Å². The van der Waals surface area contributed by atoms with Crippen molar-refractivity contribution in [3.05, 3.63) is 64.6 Å². The lowest BCUT2D eigenvalue weighted by Crippen LogP contribution is -1.91. The Labute approximate surface area is 91.6 Å². The van der Waals surface area contributed by atoms with E-state index in [0.717, 1.165) is 11.1 Å². The van der Waals surface area contributed by atoms with Gasteiger partial charge in [0.25, 0.3) is 0 Å². The van der Waals surface area contributed by atoms with Crippen LogP contribution in [0.3, 0.4) is 0 Å². The highest BCUT2D eigenvalue weighted by molar-refractivity contribution is 5.63. The molecule has 0 aromatic heterocycles. The second-order valence-electron chi connectivity index (χ2n) is 3.38. The Bertz CT molecular complexity index is 562. The molecule has 0 atom stereocenters. The molecular formula is C13H9FO2. The van der Waals surface area contributed by atoms with Gasteiger partial charge in [-0.2, -0.15) is 0 Å². The summed E-state index contributed by atoms with van der Waals surface area (Å²) in [4.78, 5) is 11.1. The molecule has 16 heavy (non-hydrogen) atoms. The minimum Gasteiger partial charge on any atom is -0.504 e. The monoisotopic (exact) mass is 216 g/mol. The fraction of sp³-hybridized carbons (Fsp3) is 0. The molecule has 0 aliphatic rings. The molecule has 0 aliphatic carbocycles. The van der Waals surface area contributed by atoms with Gasteiger partial charge in [0.05, 0.1) is 0 Å². The molecule has 2 rings (SSSR count). The van der Waals surface area contributed by atoms with Crippen LogP contribution in [-0.4, -0.2) is 5.11 Å². The van der Waals surface area contributed by atoms with Gasteiger partial charge in [-0.05, 0) is 35.4 Å². The van der Waals surface area contributed by atoms with Crippen LogP contribution >= 0.6 is 0 Å². The third-order valence-corrected chi connectivity index (χ3v) is 2.27. The summed E-state index contributed by atoms with van der Waals surface area (Å²) in [5, 5.41) is 9.22. The minimum absolute atomic E-state index is 0.298. The SMILES string of the molecule is O=c1ccc(-c2ccc(F)cc2)ccc1O. The van der Waals surface area contributed by atoms with Gasteiger partial charge in [0.2, 0.25) is 5.43 Å². The van der Waals surface area contributed by atoms with Gasteiger partial charge >= 0.3 is 0 Å². The molecule has 0 saturated carbocycles. The Hall–Kier alpha value is -2.16. The third kappa shape index (κ3) is 2.08. The van der Waals surface area contributed by atoms with E-state index in [4.69, 9.17) is 0 Å². The highest BCUT2D eigenvalue weighted by Gasteiger charge is 1.98. The normalized spacial score (nSPS) is 10.1. The summed E-state index contributed by atoms with van der Waals surface area (Å²) >= 11 is 0. The van der Waals surface area contributed by atoms with Crippen LogP contribution in [-0.2, 0) is 0 Å². The molecule has 1 N–H and O–H groups in total. The van der Waals surface area contributed by atoms with Crippen molar-refractivity contribution >= 4 is 0 Å². The molecule has 0 fully saturated rings. The van der Waals surface area contributed by atoms with Crippen molar-refractivity contribution < 1.29 is 9.50 Å². The minimum atomic E-state index is -0.437. The predicted molar refractivity (Wildman–Crippen MR) is 59.8 cm³/mol. The molecule has 0 radical (unpaired) electrons. The van der Waals surface area contributed by atoms with Crippen LogP contribution in [0, 0.1) is 5.82 Å². The summed E-state index contributed by atoms with van der Waals surface area (Å²) in [6, 6.07) is 11.8. The lowest BCUT2D eigenvalue weighted by Gasteiger charge is -1.97. The molecule has 0 heterocycles. The van der Waals surface area contributed by atoms with Gasteiger partial charge in [-0.3, -0.25) is 4.79 Å². The topological polar surface area (TPSA) is 37.3 Å². The average molecular weight is 216 g/mol. The molecule has 80 valence electrons. The van der Waals surface area contributed by atoms with Crippen LogP contribution in [0.1, 0.15) is 0 Å². The van der Waals surface area contributed by atoms with E-state index >= 15 is 0 Å². The maximum Gasteiger partial charge on any atom is 0.220 e. The Morgan fingerprint density at radius 2 is 1.31 bits per heavy atom. The van der Waals surface area contributed by atoms with Gasteiger partial charge in [0, 0.05) is 0 Å². The number of benzene rings is 1. The van der Waals surface area contributed by atoms with Crippen LogP contribution in [0.4, 0.5) is 4.39 Å². The summed E-state index contributed by atoms with van der Waals surface area (Å²) < 4.78 is 12.7. The molecule has 2 nitrogen and oxygen atoms in total. The van der Waals surface area contributed by atoms with Gasteiger partial charge < -0.3 is 5.11 Å². The first-order valence-corrected chi connectivity index (χ1v) is 4.76. The van der Waals surface area contributed by atoms with E-state index in [2.05, 4.69) is 0 Å². The van der Waals surface area contributed by atoms with Gasteiger partial charge in [-0.15, -0.1) is 0 Å². The highest BCUT2D eigenvalue weighted by Crippen LogP contribution is 2.18. The smallest absolute Gasteiger partial charge is 0.220 e. The van der Waals surface area contributed by atoms with Gasteiger partial charge in [0.15, 0.2) is 5.75 Å². The van der Waals surface area contributed by atoms with Crippen molar-refractivity contribution in [1.29, 1.82) is 0 Å². The average Bonchev–Trinajstić information content (AvgIpc) is 2.44. The van der Waals surface area contributed by atoms with Crippen molar-refractivity contribution in [2.45, 2.75) is 0 Å². The summed E-state index contributed by atoms with van der Waals surface area (Å²) in [5.41, 5.74) is 1.10. The summed E-state index contributed by atoms with van der Waals surface area (Å²) in [6.07, 6.45) is 0. The van der Waals surface area contributed by atoms with Gasteiger partial charge in [-0.25, -0.2) is 4.39 Å². The van der Waals surface area contributed by atoms with Crippen molar-refractivity contribution in [3.8, 4) is 16.9 Å². The van der Waals surface area contributed by atoms with E-state index in [0.29, 0.717) is 0 Å². The van der Waals surface area contributed by atoms with Gasteiger partial charge in [0.1, 0.15) is 5.82 Å². The standard InChI is InChI=1S/C13H9FO2/c14-11-5-1-9(2-6-11)10-3-7-12(15)13(16)8-4-10/h1-8H,(H,15,16). The molecule has 0 spiro atoms. The zero-order valence-corrected chi connectivity index (χ0v) is 8.35. The largest absolute Gasteiger partial charge is 0.504 e. The van der Waals surface area contributed by atoms with Gasteiger partial charge in [-0.1, -0.05) is 24.3 Å². The number of aromatic hydroxyl groups is 1. The molecular weight excluding hydrogens is 207 g/mol. The fourth-order valence-corrected chi connectivity index (χ4v) is 1.39. The predicted octanol–water partition coefficient (Wildman–Crippen LogP) is 2.56. The Morgan fingerprint density at radius 1 is 0.812 bits per heavy atom. The van der Waals surface area contributed by atoms with E-state index in [-0.39, 0.29) is 11.6 Å². The first-order valence-electron chi connectivity index (χ1n) is 4.76. The highest BCUT2D eigenvalue weighted by atomic mass is 19.1. The van der Waals surface area contributed by atoms with Crippen LogP contribution < -0.4 is 5.43 Å². The lowest BCUT2D eigenvalue weighted by molar-refractivity contribution is 0.471. The summed E-state index contributed by atoms with van der Waals surface area (Å²) in [7, 11) is 0. The van der Waals surface area contributed by atoms with Crippen LogP contribution in [0.15, 0.2) is 53.3 Å². The fourth-order valence-electron chi connectivity index (χ4n) is 1.39. The van der Waals surface area contributed by atoms with E-state index in [1.54, 1.807) is 24.3 Å². The second-order valence-corrected chi connectivity index (χ2v) is 3.38. The molecule has 0 amide bonds. The lowest BCUT2D eigenvalue weighted by atomic mass is 10.1. The quantitative estimate of drug-likeness (QED) is 0.795. The number of rotatable bonds is 1. The zero-order chi connectivity index (χ0) is 11.5. The Morgan fingerprint density at radius 3 is 1.94 bits per heavy atom. The molecule has 0 aliphatic heterocycles. The first-order chi connectivity index (χ1) is 7.66. The molecule has 0 bridgehead atoms. The van der Waals surface area contributed by atoms with E-state index in [1.807, 2.05) is 0 Å². The zero-order valence-electron chi connectivity index (χ0n) is 8.35. The van der Waals surface area contributed by atoms with Crippen molar-refractivity contribution in [3.63, 3.8) is 0 Å². The second kappa shape index (κ2) is 4.14. The molecule has 0 saturated heterocycles. The van der Waals surface area contributed by atoms with E-state index in [9.17, 15) is 14.3 Å². The third-order valence-electron chi connectivity index (χ3n) is 2.27. The Balaban J connectivity index is 2.53. The van der Waals surface area contributed by atoms with Crippen molar-refractivity contribution in [2.75, 3.05) is 0 Å². The van der Waals surface area contributed by atoms with E-state index in [1.165, 1.54) is 24.3 Å². The van der Waals surface area contributed by atoms with E-state index < -0.39 is 5.43 Å². The summed E-state index contributed by atoms with van der Waals surface area (Å²) in [6.45, 7) is 0. The Kier molecular flexibility index (Phi) is 2.68. The number of hydrogen-bond donors (Lipinski definition) is 1. The number of hydrogen-bond acceptors (Lipinski definition) is 2.